The quantitative estimate of drug-likeness (QED) is 0.594. The number of aliphatic imine (C=N–C) groups is 2. The Morgan fingerprint density at radius 3 is 2.13 bits per heavy atom. The van der Waals surface area contributed by atoms with Gasteiger partial charge in [0.25, 0.3) is 0 Å². The highest BCUT2D eigenvalue weighted by Crippen LogP contribution is 2.29. The number of nitrogen functional groups attached to an aromatic ring is 1. The van der Waals surface area contributed by atoms with Crippen LogP contribution in [0, 0.1) is 0 Å². The van der Waals surface area contributed by atoms with Gasteiger partial charge in [0.2, 0.25) is 0 Å². The van der Waals surface area contributed by atoms with Gasteiger partial charge in [0.1, 0.15) is 0 Å². The van der Waals surface area contributed by atoms with Gasteiger partial charge in [-0.2, -0.15) is 0 Å². The molecule has 0 saturated carbocycles. The minimum Gasteiger partial charge on any atom is -0.324 e. The molecule has 0 spiro atoms. The van der Waals surface area contributed by atoms with E-state index in [2.05, 4.69) is 15.4 Å². The van der Waals surface area contributed by atoms with Crippen molar-refractivity contribution in [1.29, 1.82) is 0 Å². The third-order valence-corrected chi connectivity index (χ3v) is 2.32. The molecule has 1 aromatic carbocycles. The standard InChI is InChI=1S/C10H12N4.ClH/c1-10(12-6-7-13-10)8-2-4-9(14-11)5-3-8;/h2-7,14H,11H2,1H3;1H. The molecular weight excluding hydrogens is 212 g/mol. The highest BCUT2D eigenvalue weighted by molar-refractivity contribution is 6.17. The van der Waals surface area contributed by atoms with Gasteiger partial charge in [-0.05, 0) is 19.1 Å². The number of hydrogen-bond acceptors (Lipinski definition) is 4. The highest BCUT2D eigenvalue weighted by Gasteiger charge is 2.24. The SMILES string of the molecule is CC1(c2ccc(NN)cc2)N=CC=N1.Cl. The normalized spacial score (nSPS) is 16.1. The molecule has 1 heterocycles. The summed E-state index contributed by atoms with van der Waals surface area (Å²) in [7, 11) is 0. The molecule has 0 atom stereocenters. The van der Waals surface area contributed by atoms with Gasteiger partial charge in [0.05, 0.1) is 0 Å². The van der Waals surface area contributed by atoms with E-state index < -0.39 is 5.66 Å². The van der Waals surface area contributed by atoms with Gasteiger partial charge in [-0.1, -0.05) is 12.1 Å². The summed E-state index contributed by atoms with van der Waals surface area (Å²) in [6.45, 7) is 1.97. The monoisotopic (exact) mass is 224 g/mol. The van der Waals surface area contributed by atoms with Crippen LogP contribution in [0.25, 0.3) is 0 Å². The fraction of sp³-hybridized carbons (Fsp3) is 0.200. The van der Waals surface area contributed by atoms with E-state index in [1.807, 2.05) is 31.2 Å². The molecule has 0 bridgehead atoms. The number of rotatable bonds is 2. The number of hydrazine groups is 1. The Balaban J connectivity index is 0.00000112. The molecule has 5 heteroatoms. The molecule has 80 valence electrons. The molecule has 1 aliphatic rings. The first-order valence-electron chi connectivity index (χ1n) is 4.41. The smallest absolute Gasteiger partial charge is 0.172 e. The molecule has 0 amide bonds. The Morgan fingerprint density at radius 2 is 1.67 bits per heavy atom. The lowest BCUT2D eigenvalue weighted by Crippen LogP contribution is -2.13. The Bertz CT molecular complexity index is 371. The molecule has 1 aromatic rings. The van der Waals surface area contributed by atoms with Gasteiger partial charge in [0.15, 0.2) is 5.66 Å². The second kappa shape index (κ2) is 4.42. The maximum Gasteiger partial charge on any atom is 0.172 e. The van der Waals surface area contributed by atoms with Crippen LogP contribution in [0.1, 0.15) is 12.5 Å². The summed E-state index contributed by atoms with van der Waals surface area (Å²) in [6, 6.07) is 7.75. The molecular formula is C10H13ClN4. The van der Waals surface area contributed by atoms with Gasteiger partial charge in [-0.15, -0.1) is 12.4 Å². The molecule has 0 aromatic heterocycles. The van der Waals surface area contributed by atoms with Crippen molar-refractivity contribution in [3.05, 3.63) is 29.8 Å². The lowest BCUT2D eigenvalue weighted by molar-refractivity contribution is 0.543. The van der Waals surface area contributed by atoms with Gasteiger partial charge < -0.3 is 5.43 Å². The van der Waals surface area contributed by atoms with Gasteiger partial charge in [0, 0.05) is 23.7 Å². The molecule has 0 aliphatic carbocycles. The summed E-state index contributed by atoms with van der Waals surface area (Å²) in [5.41, 5.74) is 4.06. The Morgan fingerprint density at radius 1 is 1.13 bits per heavy atom. The summed E-state index contributed by atoms with van der Waals surface area (Å²) in [4.78, 5) is 8.59. The lowest BCUT2D eigenvalue weighted by atomic mass is 10.0. The second-order valence-electron chi connectivity index (χ2n) is 3.30. The molecule has 0 fully saturated rings. The van der Waals surface area contributed by atoms with Crippen molar-refractivity contribution in [3.63, 3.8) is 0 Å². The van der Waals surface area contributed by atoms with Crippen molar-refractivity contribution < 1.29 is 0 Å². The summed E-state index contributed by atoms with van der Waals surface area (Å²) < 4.78 is 0. The largest absolute Gasteiger partial charge is 0.324 e. The number of hydrogen-bond donors (Lipinski definition) is 2. The average molecular weight is 225 g/mol. The van der Waals surface area contributed by atoms with Crippen molar-refractivity contribution in [2.45, 2.75) is 12.6 Å². The predicted octanol–water partition coefficient (Wildman–Crippen LogP) is 1.72. The van der Waals surface area contributed by atoms with Crippen LogP contribution in [-0.2, 0) is 5.66 Å². The van der Waals surface area contributed by atoms with E-state index in [1.165, 1.54) is 0 Å². The van der Waals surface area contributed by atoms with E-state index in [1.54, 1.807) is 12.4 Å². The first kappa shape index (κ1) is 11.7. The average Bonchev–Trinajstić information content (AvgIpc) is 2.67. The van der Waals surface area contributed by atoms with Crippen LogP contribution in [0.5, 0.6) is 0 Å². The molecule has 15 heavy (non-hydrogen) atoms. The Labute approximate surface area is 94.7 Å². The lowest BCUT2D eigenvalue weighted by Gasteiger charge is -2.17. The van der Waals surface area contributed by atoms with Gasteiger partial charge >= 0.3 is 0 Å². The predicted molar refractivity (Wildman–Crippen MR) is 65.8 cm³/mol. The first-order valence-corrected chi connectivity index (χ1v) is 4.41. The van der Waals surface area contributed by atoms with Crippen molar-refractivity contribution in [3.8, 4) is 0 Å². The topological polar surface area (TPSA) is 62.8 Å². The Kier molecular flexibility index (Phi) is 3.44. The fourth-order valence-corrected chi connectivity index (χ4v) is 1.42. The zero-order chi connectivity index (χ0) is 10.0. The number of benzene rings is 1. The fourth-order valence-electron chi connectivity index (χ4n) is 1.42. The van der Waals surface area contributed by atoms with Crippen molar-refractivity contribution in [2.75, 3.05) is 5.43 Å². The van der Waals surface area contributed by atoms with Crippen molar-refractivity contribution in [1.82, 2.24) is 0 Å². The number of nitrogens with two attached hydrogens (primary N) is 1. The van der Waals surface area contributed by atoms with E-state index in [0.717, 1.165) is 11.3 Å². The van der Waals surface area contributed by atoms with Gasteiger partial charge in [-0.25, -0.2) is 0 Å². The number of nitrogens with zero attached hydrogens (tertiary/aromatic N) is 2. The number of nitrogens with one attached hydrogen (secondary N) is 1. The molecule has 4 nitrogen and oxygen atoms in total. The highest BCUT2D eigenvalue weighted by atomic mass is 35.5. The van der Waals surface area contributed by atoms with E-state index in [9.17, 15) is 0 Å². The van der Waals surface area contributed by atoms with Crippen LogP contribution in [0.3, 0.4) is 0 Å². The van der Waals surface area contributed by atoms with Crippen LogP contribution < -0.4 is 11.3 Å². The maximum atomic E-state index is 5.28. The molecule has 1 aliphatic heterocycles. The summed E-state index contributed by atoms with van der Waals surface area (Å²) in [5.74, 6) is 5.28. The minimum atomic E-state index is -0.451. The van der Waals surface area contributed by atoms with Crippen molar-refractivity contribution in [2.24, 2.45) is 15.8 Å². The zero-order valence-electron chi connectivity index (χ0n) is 8.34. The molecule has 0 radical (unpaired) electrons. The molecule has 0 saturated heterocycles. The summed E-state index contributed by atoms with van der Waals surface area (Å²) in [5, 5.41) is 0. The van der Waals surface area contributed by atoms with E-state index in [4.69, 9.17) is 5.84 Å². The van der Waals surface area contributed by atoms with E-state index in [0.29, 0.717) is 0 Å². The minimum absolute atomic E-state index is 0. The van der Waals surface area contributed by atoms with E-state index >= 15 is 0 Å². The third-order valence-electron chi connectivity index (χ3n) is 2.32. The Hall–Kier alpha value is -1.39. The molecule has 0 unspecified atom stereocenters. The van der Waals surface area contributed by atoms with Crippen LogP contribution in [0.15, 0.2) is 34.3 Å². The van der Waals surface area contributed by atoms with Crippen LogP contribution in [-0.4, -0.2) is 12.4 Å². The summed E-state index contributed by atoms with van der Waals surface area (Å²) >= 11 is 0. The second-order valence-corrected chi connectivity index (χ2v) is 3.30. The maximum absolute atomic E-state index is 5.28. The van der Waals surface area contributed by atoms with E-state index in [-0.39, 0.29) is 12.4 Å². The first-order chi connectivity index (χ1) is 6.74. The van der Waals surface area contributed by atoms with Crippen molar-refractivity contribution >= 4 is 30.5 Å². The van der Waals surface area contributed by atoms with Crippen LogP contribution in [0.2, 0.25) is 0 Å². The zero-order valence-corrected chi connectivity index (χ0v) is 9.16. The molecule has 3 N–H and O–H groups in total. The molecule has 2 rings (SSSR count). The number of anilines is 1. The van der Waals surface area contributed by atoms with Crippen LogP contribution in [0.4, 0.5) is 5.69 Å². The summed E-state index contributed by atoms with van der Waals surface area (Å²) in [6.07, 6.45) is 3.43. The third kappa shape index (κ3) is 2.16. The van der Waals surface area contributed by atoms with Gasteiger partial charge in [-0.3, -0.25) is 15.8 Å². The number of halogens is 1. The van der Waals surface area contributed by atoms with Crippen LogP contribution >= 0.6 is 12.4 Å².